The van der Waals surface area contributed by atoms with Crippen LogP contribution in [-0.4, -0.2) is 30.5 Å². The first-order valence-electron chi connectivity index (χ1n) is 8.19. The topological polar surface area (TPSA) is 129 Å². The van der Waals surface area contributed by atoms with Gasteiger partial charge < -0.3 is 20.8 Å². The summed E-state index contributed by atoms with van der Waals surface area (Å²) < 4.78 is 4.70. The maximum Gasteiger partial charge on any atom is 0.245 e. The molecule has 9 heteroatoms. The molecule has 2 aromatic carbocycles. The Kier molecular flexibility index (Phi) is 4.60. The number of aliphatic hydroxyl groups is 2. The lowest BCUT2D eigenvalue weighted by Crippen LogP contribution is -2.04. The average molecular weight is 364 g/mol. The molecule has 4 aromatic rings. The van der Waals surface area contributed by atoms with E-state index in [2.05, 4.69) is 30.9 Å². The van der Waals surface area contributed by atoms with Gasteiger partial charge in [-0.2, -0.15) is 0 Å². The first-order chi connectivity index (χ1) is 13.2. The third kappa shape index (κ3) is 3.68. The van der Waals surface area contributed by atoms with Gasteiger partial charge in [0, 0.05) is 11.4 Å². The number of hydrogen-bond donors (Lipinski definition) is 4. The summed E-state index contributed by atoms with van der Waals surface area (Å²) in [6.07, 6.45) is 0. The third-order valence-electron chi connectivity index (χ3n) is 3.86. The lowest BCUT2D eigenvalue weighted by molar-refractivity contribution is 0.281. The first-order valence-corrected chi connectivity index (χ1v) is 8.19. The molecule has 4 N–H and O–H groups in total. The molecule has 0 fully saturated rings. The Morgan fingerprint density at radius 1 is 0.741 bits per heavy atom. The van der Waals surface area contributed by atoms with Crippen molar-refractivity contribution in [2.24, 2.45) is 0 Å². The van der Waals surface area contributed by atoms with E-state index in [1.165, 1.54) is 0 Å². The predicted molar refractivity (Wildman–Crippen MR) is 98.7 cm³/mol. The molecule has 136 valence electrons. The summed E-state index contributed by atoms with van der Waals surface area (Å²) >= 11 is 0. The maximum atomic E-state index is 9.32. The number of anilines is 4. The van der Waals surface area contributed by atoms with Gasteiger partial charge >= 0.3 is 0 Å². The number of nitrogens with one attached hydrogen (secondary N) is 2. The molecule has 0 unspecified atom stereocenters. The van der Waals surface area contributed by atoms with Crippen molar-refractivity contribution in [3.8, 4) is 0 Å². The molecule has 0 aliphatic heterocycles. The monoisotopic (exact) mass is 364 g/mol. The van der Waals surface area contributed by atoms with Crippen LogP contribution in [0.3, 0.4) is 0 Å². The van der Waals surface area contributed by atoms with Gasteiger partial charge in [-0.3, -0.25) is 0 Å². The molecule has 27 heavy (non-hydrogen) atoms. The summed E-state index contributed by atoms with van der Waals surface area (Å²) in [5, 5.41) is 32.4. The fourth-order valence-corrected chi connectivity index (χ4v) is 2.58. The van der Waals surface area contributed by atoms with Gasteiger partial charge in [0.2, 0.25) is 11.3 Å². The number of aliphatic hydroxyl groups excluding tert-OH is 2. The molecule has 0 saturated heterocycles. The molecule has 0 aliphatic rings. The van der Waals surface area contributed by atoms with Crippen LogP contribution in [0, 0.1) is 0 Å². The second kappa shape index (κ2) is 7.36. The van der Waals surface area contributed by atoms with Crippen LogP contribution >= 0.6 is 0 Å². The zero-order chi connectivity index (χ0) is 18.6. The summed E-state index contributed by atoms with van der Waals surface area (Å²) in [5.74, 6) is 0.838. The third-order valence-corrected chi connectivity index (χ3v) is 3.86. The minimum atomic E-state index is -0.0630. The number of aromatic nitrogens is 4. The van der Waals surface area contributed by atoms with E-state index < -0.39 is 0 Å². The van der Waals surface area contributed by atoms with Crippen LogP contribution in [0.2, 0.25) is 0 Å². The smallest absolute Gasteiger partial charge is 0.245 e. The summed E-state index contributed by atoms with van der Waals surface area (Å²) in [6.45, 7) is -0.126. The molecule has 2 heterocycles. The molecule has 9 nitrogen and oxygen atoms in total. The van der Waals surface area contributed by atoms with Gasteiger partial charge in [0.1, 0.15) is 0 Å². The maximum absolute atomic E-state index is 9.32. The van der Waals surface area contributed by atoms with Crippen LogP contribution in [0.5, 0.6) is 0 Å². The van der Waals surface area contributed by atoms with Gasteiger partial charge in [-0.1, -0.05) is 24.3 Å². The highest BCUT2D eigenvalue weighted by molar-refractivity contribution is 5.79. The molecular formula is C18H16N6O3. The Hall–Kier alpha value is -3.56. The Morgan fingerprint density at radius 2 is 1.22 bits per heavy atom. The van der Waals surface area contributed by atoms with Gasteiger partial charge in [0.05, 0.1) is 13.2 Å². The van der Waals surface area contributed by atoms with Crippen molar-refractivity contribution in [3.05, 3.63) is 59.7 Å². The molecule has 2 aromatic heterocycles. The second-order valence-electron chi connectivity index (χ2n) is 5.80. The van der Waals surface area contributed by atoms with Gasteiger partial charge in [-0.15, -0.1) is 0 Å². The number of hydrogen-bond acceptors (Lipinski definition) is 9. The van der Waals surface area contributed by atoms with Gasteiger partial charge in [-0.05, 0) is 45.7 Å². The van der Waals surface area contributed by atoms with E-state index in [9.17, 15) is 10.2 Å². The van der Waals surface area contributed by atoms with Crippen molar-refractivity contribution < 1.29 is 14.8 Å². The lowest BCUT2D eigenvalue weighted by atomic mass is 10.2. The minimum Gasteiger partial charge on any atom is -0.392 e. The Balaban J connectivity index is 1.72. The highest BCUT2D eigenvalue weighted by Gasteiger charge is 2.14. The van der Waals surface area contributed by atoms with Gasteiger partial charge in [0.15, 0.2) is 11.6 Å². The summed E-state index contributed by atoms with van der Waals surface area (Å²) in [4.78, 5) is 8.82. The van der Waals surface area contributed by atoms with E-state index in [0.29, 0.717) is 11.6 Å². The van der Waals surface area contributed by atoms with E-state index in [4.69, 9.17) is 4.63 Å². The van der Waals surface area contributed by atoms with Gasteiger partial charge in [-0.25, -0.2) is 14.6 Å². The van der Waals surface area contributed by atoms with Crippen LogP contribution in [0.1, 0.15) is 11.1 Å². The van der Waals surface area contributed by atoms with Crippen molar-refractivity contribution in [1.29, 1.82) is 0 Å². The SMILES string of the molecule is OCc1cccc(Nc2nc3nonc3nc2Nc2cccc(CO)c2)c1. The van der Waals surface area contributed by atoms with Crippen molar-refractivity contribution in [2.75, 3.05) is 10.6 Å². The minimum absolute atomic E-state index is 0.0630. The first kappa shape index (κ1) is 16.9. The molecule has 0 aliphatic carbocycles. The quantitative estimate of drug-likeness (QED) is 0.408. The van der Waals surface area contributed by atoms with E-state index >= 15 is 0 Å². The Morgan fingerprint density at radius 3 is 1.67 bits per heavy atom. The van der Waals surface area contributed by atoms with Crippen LogP contribution in [0.15, 0.2) is 53.2 Å². The molecule has 0 radical (unpaired) electrons. The van der Waals surface area contributed by atoms with Crippen LogP contribution in [0.25, 0.3) is 11.3 Å². The van der Waals surface area contributed by atoms with E-state index in [1.54, 1.807) is 0 Å². The highest BCUT2D eigenvalue weighted by Crippen LogP contribution is 2.27. The Bertz CT molecular complexity index is 998. The van der Waals surface area contributed by atoms with E-state index in [-0.39, 0.29) is 24.5 Å². The number of nitrogens with zero attached hydrogens (tertiary/aromatic N) is 4. The Labute approximate surface area is 153 Å². The predicted octanol–water partition coefficient (Wildman–Crippen LogP) is 2.48. The van der Waals surface area contributed by atoms with E-state index in [0.717, 1.165) is 22.5 Å². The van der Waals surface area contributed by atoms with Crippen molar-refractivity contribution in [2.45, 2.75) is 13.2 Å². The number of fused-ring (bicyclic) bond motifs is 1. The molecule has 4 rings (SSSR count). The van der Waals surface area contributed by atoms with Crippen molar-refractivity contribution in [1.82, 2.24) is 20.3 Å². The number of benzene rings is 2. The molecule has 0 amide bonds. The largest absolute Gasteiger partial charge is 0.392 e. The zero-order valence-corrected chi connectivity index (χ0v) is 14.1. The van der Waals surface area contributed by atoms with Crippen LogP contribution in [-0.2, 0) is 13.2 Å². The summed E-state index contributed by atoms with van der Waals surface area (Å²) in [5.41, 5.74) is 3.54. The number of rotatable bonds is 6. The fraction of sp³-hybridized carbons (Fsp3) is 0.111. The summed E-state index contributed by atoms with van der Waals surface area (Å²) in [7, 11) is 0. The molecule has 0 bridgehead atoms. The summed E-state index contributed by atoms with van der Waals surface area (Å²) in [6, 6.07) is 14.6. The molecular weight excluding hydrogens is 348 g/mol. The standard InChI is InChI=1S/C18H16N6O3/c25-9-11-3-1-5-13(7-11)19-15-16(22-18-17(21-15)23-27-24-18)20-14-6-2-4-12(8-14)10-26/h1-8,25-26H,9-10H2,(H,19,21,23)(H,20,22,24). The molecule has 0 saturated carbocycles. The van der Waals surface area contributed by atoms with Crippen molar-refractivity contribution in [3.63, 3.8) is 0 Å². The normalized spacial score (nSPS) is 10.9. The van der Waals surface area contributed by atoms with Crippen LogP contribution in [0.4, 0.5) is 23.0 Å². The average Bonchev–Trinajstić information content (AvgIpc) is 3.15. The van der Waals surface area contributed by atoms with Gasteiger partial charge in [0.25, 0.3) is 0 Å². The lowest BCUT2D eigenvalue weighted by Gasteiger charge is -2.12. The second-order valence-corrected chi connectivity index (χ2v) is 5.80. The molecule has 0 spiro atoms. The molecule has 0 atom stereocenters. The van der Waals surface area contributed by atoms with Crippen molar-refractivity contribution >= 4 is 34.3 Å². The zero-order valence-electron chi connectivity index (χ0n) is 14.1. The fourth-order valence-electron chi connectivity index (χ4n) is 2.58. The van der Waals surface area contributed by atoms with E-state index in [1.807, 2.05) is 48.5 Å². The highest BCUT2D eigenvalue weighted by atomic mass is 16.6. The van der Waals surface area contributed by atoms with Crippen LogP contribution < -0.4 is 10.6 Å².